The fourth-order valence-electron chi connectivity index (χ4n) is 2.11. The zero-order chi connectivity index (χ0) is 19.3. The van der Waals surface area contributed by atoms with Crippen molar-refractivity contribution >= 4 is 17.5 Å². The molecule has 6 nitrogen and oxygen atoms in total. The summed E-state index contributed by atoms with van der Waals surface area (Å²) in [7, 11) is 1.26. The molecule has 0 unspecified atom stereocenters. The number of nitro benzene ring substituents is 1. The number of halogens is 3. The van der Waals surface area contributed by atoms with Gasteiger partial charge in [0.25, 0.3) is 5.69 Å². The molecule has 0 fully saturated rings. The molecule has 0 aliphatic rings. The number of carbonyl (C=O) groups is 1. The van der Waals surface area contributed by atoms with E-state index < -0.39 is 34.4 Å². The number of carbonyl (C=O) groups excluding carboxylic acids is 1. The Kier molecular flexibility index (Phi) is 5.94. The number of nitrogens with zero attached hydrogens (tertiary/aromatic N) is 1. The second-order valence-corrected chi connectivity index (χ2v) is 4.88. The van der Waals surface area contributed by atoms with Crippen LogP contribution in [0.2, 0.25) is 0 Å². The molecule has 0 N–H and O–H groups in total. The molecule has 0 aliphatic heterocycles. The standard InChI is InChI=1S/C17H12F3NO5/c1-25-15-4-2-3-10(16(15)26-17(19)20)5-8-14(22)12-7-6-11(21(23)24)9-13(12)18/h2-9,17H,1H3/b8-5+. The molecule has 26 heavy (non-hydrogen) atoms. The van der Waals surface area contributed by atoms with Gasteiger partial charge < -0.3 is 9.47 Å². The van der Waals surface area contributed by atoms with E-state index in [1.54, 1.807) is 0 Å². The van der Waals surface area contributed by atoms with Crippen molar-refractivity contribution in [2.75, 3.05) is 7.11 Å². The Labute approximate surface area is 145 Å². The first kappa shape index (κ1) is 19.0. The van der Waals surface area contributed by atoms with Gasteiger partial charge in [0, 0.05) is 11.6 Å². The molecule has 0 aromatic heterocycles. The number of hydrogen-bond acceptors (Lipinski definition) is 5. The number of nitro groups is 1. The highest BCUT2D eigenvalue weighted by Gasteiger charge is 2.16. The van der Waals surface area contributed by atoms with E-state index in [-0.39, 0.29) is 17.1 Å². The zero-order valence-electron chi connectivity index (χ0n) is 13.3. The minimum atomic E-state index is -3.11. The highest BCUT2D eigenvalue weighted by molar-refractivity contribution is 6.07. The van der Waals surface area contributed by atoms with Crippen LogP contribution in [0.25, 0.3) is 6.08 Å². The molecule has 0 heterocycles. The minimum absolute atomic E-state index is 0.0291. The number of benzene rings is 2. The number of ketones is 1. The van der Waals surface area contributed by atoms with E-state index >= 15 is 0 Å². The number of hydrogen-bond donors (Lipinski definition) is 0. The zero-order valence-corrected chi connectivity index (χ0v) is 13.3. The molecule has 0 saturated heterocycles. The summed E-state index contributed by atoms with van der Waals surface area (Å²) >= 11 is 0. The molecule has 0 aliphatic carbocycles. The maximum absolute atomic E-state index is 13.9. The van der Waals surface area contributed by atoms with Crippen molar-refractivity contribution in [1.29, 1.82) is 0 Å². The Bertz CT molecular complexity index is 867. The van der Waals surface area contributed by atoms with Gasteiger partial charge in [-0.05, 0) is 24.3 Å². The van der Waals surface area contributed by atoms with Crippen molar-refractivity contribution in [3.8, 4) is 11.5 Å². The van der Waals surface area contributed by atoms with Crippen molar-refractivity contribution in [2.24, 2.45) is 0 Å². The topological polar surface area (TPSA) is 78.7 Å². The van der Waals surface area contributed by atoms with Gasteiger partial charge in [-0.15, -0.1) is 0 Å². The number of rotatable bonds is 7. The average Bonchev–Trinajstić information content (AvgIpc) is 2.59. The number of allylic oxidation sites excluding steroid dienone is 1. The van der Waals surface area contributed by atoms with Gasteiger partial charge >= 0.3 is 6.61 Å². The maximum Gasteiger partial charge on any atom is 0.387 e. The van der Waals surface area contributed by atoms with Crippen LogP contribution in [-0.4, -0.2) is 24.4 Å². The molecule has 2 aromatic carbocycles. The monoisotopic (exact) mass is 367 g/mol. The molecule has 9 heteroatoms. The summed E-state index contributed by atoms with van der Waals surface area (Å²) in [6, 6.07) is 6.87. The Morgan fingerprint density at radius 2 is 2.00 bits per heavy atom. The van der Waals surface area contributed by atoms with Gasteiger partial charge in [0.2, 0.25) is 0 Å². The van der Waals surface area contributed by atoms with Crippen LogP contribution in [0.15, 0.2) is 42.5 Å². The van der Waals surface area contributed by atoms with Gasteiger partial charge in [-0.2, -0.15) is 8.78 Å². The number of non-ortho nitro benzene ring substituents is 1. The Morgan fingerprint density at radius 1 is 1.27 bits per heavy atom. The van der Waals surface area contributed by atoms with Crippen LogP contribution in [0.5, 0.6) is 11.5 Å². The molecule has 136 valence electrons. The summed E-state index contributed by atoms with van der Waals surface area (Å²) in [6.07, 6.45) is 2.10. The van der Waals surface area contributed by atoms with Gasteiger partial charge in [-0.3, -0.25) is 14.9 Å². The van der Waals surface area contributed by atoms with Crippen molar-refractivity contribution in [3.05, 3.63) is 69.5 Å². The fourth-order valence-corrected chi connectivity index (χ4v) is 2.11. The summed E-state index contributed by atoms with van der Waals surface area (Å²) in [4.78, 5) is 21.9. The quantitative estimate of drug-likeness (QED) is 0.317. The molecule has 2 rings (SSSR count). The van der Waals surface area contributed by atoms with Crippen molar-refractivity contribution in [3.63, 3.8) is 0 Å². The smallest absolute Gasteiger partial charge is 0.387 e. The summed E-state index contributed by atoms with van der Waals surface area (Å²) in [6.45, 7) is -3.11. The fraction of sp³-hybridized carbons (Fsp3) is 0.118. The molecule has 2 aromatic rings. The van der Waals surface area contributed by atoms with Gasteiger partial charge in [0.1, 0.15) is 5.82 Å². The minimum Gasteiger partial charge on any atom is -0.493 e. The van der Waals surface area contributed by atoms with Crippen molar-refractivity contribution in [1.82, 2.24) is 0 Å². The van der Waals surface area contributed by atoms with E-state index in [4.69, 9.17) is 4.74 Å². The molecular formula is C17H12F3NO5. The van der Waals surface area contributed by atoms with Crippen LogP contribution in [0, 0.1) is 15.9 Å². The summed E-state index contributed by atoms with van der Waals surface area (Å²) in [5.74, 6) is -2.12. The van der Waals surface area contributed by atoms with Crippen molar-refractivity contribution < 1.29 is 32.4 Å². The Morgan fingerprint density at radius 3 is 2.58 bits per heavy atom. The van der Waals surface area contributed by atoms with Crippen LogP contribution in [0.4, 0.5) is 18.9 Å². The van der Waals surface area contributed by atoms with E-state index in [1.807, 2.05) is 0 Å². The first-order valence-corrected chi connectivity index (χ1v) is 7.11. The van der Waals surface area contributed by atoms with Crippen LogP contribution in [-0.2, 0) is 0 Å². The molecule has 0 saturated carbocycles. The third kappa shape index (κ3) is 4.38. The first-order valence-electron chi connectivity index (χ1n) is 7.11. The van der Waals surface area contributed by atoms with E-state index in [9.17, 15) is 28.1 Å². The van der Waals surface area contributed by atoms with Gasteiger partial charge in [0.15, 0.2) is 17.3 Å². The number of ether oxygens (including phenoxy) is 2. The van der Waals surface area contributed by atoms with E-state index in [0.717, 1.165) is 24.3 Å². The third-order valence-corrected chi connectivity index (χ3v) is 3.28. The second-order valence-electron chi connectivity index (χ2n) is 4.88. The Balaban J connectivity index is 2.32. The lowest BCUT2D eigenvalue weighted by Crippen LogP contribution is -2.05. The highest BCUT2D eigenvalue weighted by atomic mass is 19.3. The first-order chi connectivity index (χ1) is 12.3. The average molecular weight is 367 g/mol. The lowest BCUT2D eigenvalue weighted by molar-refractivity contribution is -0.385. The lowest BCUT2D eigenvalue weighted by Gasteiger charge is -2.12. The van der Waals surface area contributed by atoms with E-state index in [0.29, 0.717) is 6.07 Å². The number of methoxy groups -OCH3 is 1. The van der Waals surface area contributed by atoms with E-state index in [1.165, 1.54) is 25.3 Å². The SMILES string of the molecule is COc1cccc(/C=C/C(=O)c2ccc([N+](=O)[O-])cc2F)c1OC(F)F. The maximum atomic E-state index is 13.9. The number of para-hydroxylation sites is 1. The largest absolute Gasteiger partial charge is 0.493 e. The summed E-state index contributed by atoms with van der Waals surface area (Å²) in [5.41, 5.74) is -0.783. The van der Waals surface area contributed by atoms with Gasteiger partial charge in [0.05, 0.1) is 23.7 Å². The van der Waals surface area contributed by atoms with Crippen LogP contribution in [0.3, 0.4) is 0 Å². The normalized spacial score (nSPS) is 11.0. The lowest BCUT2D eigenvalue weighted by atomic mass is 10.1. The van der Waals surface area contributed by atoms with Crippen LogP contribution in [0.1, 0.15) is 15.9 Å². The van der Waals surface area contributed by atoms with Gasteiger partial charge in [-0.1, -0.05) is 12.1 Å². The molecule has 0 atom stereocenters. The molecule has 0 amide bonds. The second kappa shape index (κ2) is 8.15. The van der Waals surface area contributed by atoms with Crippen molar-refractivity contribution in [2.45, 2.75) is 6.61 Å². The molecule has 0 radical (unpaired) electrons. The van der Waals surface area contributed by atoms with Crippen LogP contribution >= 0.6 is 0 Å². The molecule has 0 spiro atoms. The van der Waals surface area contributed by atoms with Gasteiger partial charge in [-0.25, -0.2) is 4.39 Å². The van der Waals surface area contributed by atoms with Crippen LogP contribution < -0.4 is 9.47 Å². The third-order valence-electron chi connectivity index (χ3n) is 3.28. The Hall–Kier alpha value is -3.36. The van der Waals surface area contributed by atoms with E-state index in [2.05, 4.69) is 4.74 Å². The predicted molar refractivity (Wildman–Crippen MR) is 86.0 cm³/mol. The predicted octanol–water partition coefficient (Wildman–Crippen LogP) is 4.24. The number of alkyl halides is 2. The highest BCUT2D eigenvalue weighted by Crippen LogP contribution is 2.33. The summed E-state index contributed by atoms with van der Waals surface area (Å²) < 4.78 is 48.3. The molecular weight excluding hydrogens is 355 g/mol. The molecule has 0 bridgehead atoms. The summed E-state index contributed by atoms with van der Waals surface area (Å²) in [5, 5.41) is 10.6.